The first-order valence-electron chi connectivity index (χ1n) is 16.9. The molecule has 4 aromatic rings. The molecule has 1 fully saturated rings. The Morgan fingerprint density at radius 2 is 0.854 bits per heavy atom. The zero-order valence-corrected chi connectivity index (χ0v) is 27.6. The van der Waals surface area contributed by atoms with Crippen LogP contribution in [0.3, 0.4) is 0 Å². The summed E-state index contributed by atoms with van der Waals surface area (Å²) < 4.78 is 22.6. The van der Waals surface area contributed by atoms with Crippen LogP contribution in [0, 0.1) is 0 Å². The lowest BCUT2D eigenvalue weighted by atomic mass is 10.1. The van der Waals surface area contributed by atoms with Crippen LogP contribution in [0.4, 0.5) is 0 Å². The minimum Gasteiger partial charge on any atom is -0.489 e. The molecule has 5 rings (SSSR count). The Kier molecular flexibility index (Phi) is 13.9. The summed E-state index contributed by atoms with van der Waals surface area (Å²) in [5, 5.41) is 0. The van der Waals surface area contributed by atoms with Crippen LogP contribution in [0.1, 0.15) is 35.1 Å². The molecular formula is C40H46N2O6. The summed E-state index contributed by atoms with van der Waals surface area (Å²) in [6.45, 7) is 7.63. The average Bonchev–Trinajstić information content (AvgIpc) is 3.13. The van der Waals surface area contributed by atoms with Crippen molar-refractivity contribution in [3.05, 3.63) is 131 Å². The molecule has 4 aromatic carbocycles. The van der Waals surface area contributed by atoms with Gasteiger partial charge in [0.05, 0.1) is 26.1 Å². The number of carbonyl (C=O) groups excluding carboxylic acids is 2. The molecule has 0 amide bonds. The molecule has 0 radical (unpaired) electrons. The second-order valence-electron chi connectivity index (χ2n) is 12.0. The largest absolute Gasteiger partial charge is 0.489 e. The van der Waals surface area contributed by atoms with Gasteiger partial charge in [-0.05, 0) is 59.4 Å². The molecule has 0 aromatic heterocycles. The van der Waals surface area contributed by atoms with Crippen molar-refractivity contribution in [1.29, 1.82) is 0 Å². The van der Waals surface area contributed by atoms with Crippen LogP contribution >= 0.6 is 0 Å². The minimum atomic E-state index is -0.208. The van der Waals surface area contributed by atoms with Gasteiger partial charge in [-0.25, -0.2) is 0 Å². The van der Waals surface area contributed by atoms with Gasteiger partial charge < -0.3 is 28.7 Å². The Hall–Kier alpha value is -4.66. The number of ether oxygens (including phenoxy) is 4. The summed E-state index contributed by atoms with van der Waals surface area (Å²) in [5.74, 6) is 1.14. The third kappa shape index (κ3) is 12.5. The Bertz CT molecular complexity index is 1390. The average molecular weight is 651 g/mol. The van der Waals surface area contributed by atoms with E-state index in [2.05, 4.69) is 9.80 Å². The second kappa shape index (κ2) is 19.2. The van der Waals surface area contributed by atoms with Gasteiger partial charge in [0.2, 0.25) is 0 Å². The SMILES string of the molecule is O=C(Cc1ccc(OCc2ccccc2)cc1)OCCCN1CCN(CCCOC(=O)Cc2ccc(OCc3ccccc3)cc2)CC1. The number of nitrogens with zero attached hydrogens (tertiary/aromatic N) is 2. The molecule has 1 aliphatic heterocycles. The van der Waals surface area contributed by atoms with Crippen molar-refractivity contribution >= 4 is 11.9 Å². The molecule has 1 aliphatic rings. The first kappa shape index (κ1) is 34.7. The minimum absolute atomic E-state index is 0.208. The molecule has 0 unspecified atom stereocenters. The van der Waals surface area contributed by atoms with Crippen molar-refractivity contribution in [2.45, 2.75) is 38.9 Å². The van der Waals surface area contributed by atoms with E-state index in [1.165, 1.54) is 0 Å². The summed E-state index contributed by atoms with van der Waals surface area (Å²) in [6.07, 6.45) is 2.14. The van der Waals surface area contributed by atoms with Crippen molar-refractivity contribution in [2.24, 2.45) is 0 Å². The highest BCUT2D eigenvalue weighted by Crippen LogP contribution is 2.16. The normalized spacial score (nSPS) is 13.5. The number of benzene rings is 4. The van der Waals surface area contributed by atoms with Gasteiger partial charge in [0, 0.05) is 39.3 Å². The molecule has 1 heterocycles. The van der Waals surface area contributed by atoms with Crippen molar-refractivity contribution in [2.75, 3.05) is 52.5 Å². The Balaban J connectivity index is 0.858. The molecule has 8 nitrogen and oxygen atoms in total. The Labute approximate surface area is 284 Å². The monoisotopic (exact) mass is 650 g/mol. The molecule has 0 spiro atoms. The zero-order chi connectivity index (χ0) is 33.2. The predicted molar refractivity (Wildman–Crippen MR) is 186 cm³/mol. The third-order valence-corrected chi connectivity index (χ3v) is 8.27. The smallest absolute Gasteiger partial charge is 0.310 e. The molecule has 252 valence electrons. The van der Waals surface area contributed by atoms with E-state index in [9.17, 15) is 9.59 Å². The lowest BCUT2D eigenvalue weighted by molar-refractivity contribution is -0.144. The highest BCUT2D eigenvalue weighted by atomic mass is 16.5. The van der Waals surface area contributed by atoms with Crippen LogP contribution in [0.25, 0.3) is 0 Å². The molecule has 0 bridgehead atoms. The molecule has 0 atom stereocenters. The second-order valence-corrected chi connectivity index (χ2v) is 12.0. The van der Waals surface area contributed by atoms with Crippen molar-refractivity contribution in [1.82, 2.24) is 9.80 Å². The summed E-state index contributed by atoms with van der Waals surface area (Å²) in [6, 6.07) is 35.3. The quantitative estimate of drug-likeness (QED) is 0.0943. The van der Waals surface area contributed by atoms with Gasteiger partial charge in [-0.1, -0.05) is 84.9 Å². The number of carbonyl (C=O) groups is 2. The fourth-order valence-corrected chi connectivity index (χ4v) is 5.51. The van der Waals surface area contributed by atoms with Gasteiger partial charge in [0.1, 0.15) is 24.7 Å². The first-order chi connectivity index (χ1) is 23.6. The van der Waals surface area contributed by atoms with Gasteiger partial charge >= 0.3 is 11.9 Å². The molecule has 8 heteroatoms. The Morgan fingerprint density at radius 1 is 0.479 bits per heavy atom. The fourth-order valence-electron chi connectivity index (χ4n) is 5.51. The molecular weight excluding hydrogens is 604 g/mol. The summed E-state index contributed by atoms with van der Waals surface area (Å²) >= 11 is 0. The topological polar surface area (TPSA) is 77.5 Å². The number of hydrogen-bond acceptors (Lipinski definition) is 8. The molecule has 1 saturated heterocycles. The fraction of sp³-hybridized carbons (Fsp3) is 0.350. The van der Waals surface area contributed by atoms with E-state index < -0.39 is 0 Å². The van der Waals surface area contributed by atoms with Crippen LogP contribution in [0.5, 0.6) is 11.5 Å². The standard InChI is InChI=1S/C40H46N2O6/c43-39(29-33-13-17-37(18-14-33)47-31-35-9-3-1-4-10-35)45-27-7-21-41-23-25-42(26-24-41)22-8-28-46-40(44)30-34-15-19-38(20-16-34)48-32-36-11-5-2-6-12-36/h1-6,9-20H,7-8,21-32H2. The van der Waals surface area contributed by atoms with Gasteiger partial charge in [0.15, 0.2) is 0 Å². The third-order valence-electron chi connectivity index (χ3n) is 8.27. The lowest BCUT2D eigenvalue weighted by Gasteiger charge is -2.34. The summed E-state index contributed by atoms with van der Waals surface area (Å²) in [5.41, 5.74) is 4.05. The molecule has 0 N–H and O–H groups in total. The van der Waals surface area contributed by atoms with E-state index >= 15 is 0 Å². The summed E-state index contributed by atoms with van der Waals surface area (Å²) in [4.78, 5) is 29.5. The van der Waals surface area contributed by atoms with Gasteiger partial charge in [-0.15, -0.1) is 0 Å². The van der Waals surface area contributed by atoms with E-state index in [4.69, 9.17) is 18.9 Å². The van der Waals surface area contributed by atoms with E-state index in [0.29, 0.717) is 26.4 Å². The lowest BCUT2D eigenvalue weighted by Crippen LogP contribution is -2.47. The van der Waals surface area contributed by atoms with Crippen LogP contribution < -0.4 is 9.47 Å². The van der Waals surface area contributed by atoms with Gasteiger partial charge in [0.25, 0.3) is 0 Å². The van der Waals surface area contributed by atoms with Crippen molar-refractivity contribution in [3.63, 3.8) is 0 Å². The number of esters is 2. The number of hydrogen-bond donors (Lipinski definition) is 0. The van der Waals surface area contributed by atoms with Crippen molar-refractivity contribution in [3.8, 4) is 11.5 Å². The van der Waals surface area contributed by atoms with E-state index in [1.807, 2.05) is 109 Å². The molecule has 48 heavy (non-hydrogen) atoms. The zero-order valence-electron chi connectivity index (χ0n) is 27.6. The van der Waals surface area contributed by atoms with Crippen LogP contribution in [-0.4, -0.2) is 74.2 Å². The van der Waals surface area contributed by atoms with Gasteiger partial charge in [-0.3, -0.25) is 9.59 Å². The summed E-state index contributed by atoms with van der Waals surface area (Å²) in [7, 11) is 0. The van der Waals surface area contributed by atoms with Crippen LogP contribution in [0.2, 0.25) is 0 Å². The number of rotatable bonds is 18. The van der Waals surface area contributed by atoms with E-state index in [-0.39, 0.29) is 24.8 Å². The van der Waals surface area contributed by atoms with E-state index in [1.54, 1.807) is 0 Å². The maximum atomic E-state index is 12.3. The Morgan fingerprint density at radius 3 is 1.23 bits per heavy atom. The maximum absolute atomic E-state index is 12.3. The van der Waals surface area contributed by atoms with E-state index in [0.717, 1.165) is 85.9 Å². The highest BCUT2D eigenvalue weighted by molar-refractivity contribution is 5.73. The number of piperazine rings is 1. The van der Waals surface area contributed by atoms with Crippen LogP contribution in [-0.2, 0) is 45.1 Å². The van der Waals surface area contributed by atoms with Gasteiger partial charge in [-0.2, -0.15) is 0 Å². The van der Waals surface area contributed by atoms with Crippen molar-refractivity contribution < 1.29 is 28.5 Å². The highest BCUT2D eigenvalue weighted by Gasteiger charge is 2.17. The molecule has 0 aliphatic carbocycles. The predicted octanol–water partition coefficient (Wildman–Crippen LogP) is 6.11. The first-order valence-corrected chi connectivity index (χ1v) is 16.9. The maximum Gasteiger partial charge on any atom is 0.310 e. The molecule has 0 saturated carbocycles. The van der Waals surface area contributed by atoms with Crippen LogP contribution in [0.15, 0.2) is 109 Å².